The fourth-order valence-corrected chi connectivity index (χ4v) is 9.54. The molecule has 0 atom stereocenters. The van der Waals surface area contributed by atoms with E-state index >= 15 is 0 Å². The molecule has 0 saturated heterocycles. The van der Waals surface area contributed by atoms with Crippen LogP contribution in [0.3, 0.4) is 0 Å². The number of hydrogen-bond acceptors (Lipinski definition) is 5. The lowest BCUT2D eigenvalue weighted by Crippen LogP contribution is -2.40. The second-order valence-electron chi connectivity index (χ2n) is 8.14. The standard InChI is InChI=1S/C22H32N3O5P/c1-8-30-22(27)24(19-9-11-20(12-10-19)25(28)29)21(26)18(13-23)14-31(15(2)3,16(4)5)17(6)7/h9-12,15-17H,8,14H2,1-7H3. The summed E-state index contributed by atoms with van der Waals surface area (Å²) in [7, 11) is -1.78. The van der Waals surface area contributed by atoms with Gasteiger partial charge < -0.3 is 10.1 Å². The van der Waals surface area contributed by atoms with Gasteiger partial charge in [0.25, 0.3) is 11.6 Å². The number of nitro benzene ring substituents is 1. The Labute approximate surface area is 184 Å². The number of ether oxygens (including phenoxy) is 1. The highest BCUT2D eigenvalue weighted by atomic mass is 31.2. The minimum absolute atomic E-state index is 0.00385. The third kappa shape index (κ3) is 5.78. The Balaban J connectivity index is 3.47. The van der Waals surface area contributed by atoms with E-state index in [1.54, 1.807) is 6.92 Å². The molecule has 8 nitrogen and oxygen atoms in total. The highest BCUT2D eigenvalue weighted by molar-refractivity contribution is 7.78. The Morgan fingerprint density at radius 3 is 1.94 bits per heavy atom. The molecule has 0 unspecified atom stereocenters. The number of carbonyl (C=O) groups excluding carboxylic acids is 2. The number of nitro groups is 1. The summed E-state index contributed by atoms with van der Waals surface area (Å²) in [6, 6.07) is 5.01. The predicted octanol–water partition coefficient (Wildman–Crippen LogP) is 5.49. The van der Waals surface area contributed by atoms with Gasteiger partial charge in [-0.2, -0.15) is 0 Å². The average Bonchev–Trinajstić information content (AvgIpc) is 2.68. The number of imide groups is 1. The summed E-state index contributed by atoms with van der Waals surface area (Å²) < 4.78 is 5.04. The molecule has 1 aromatic carbocycles. The SMILES string of the molecule is CCOC(=O)N(C(=O)C(=C=[N-])C[P+](C(C)C)(C(C)C)C(C)C)c1ccc([N+](=O)[O-])cc1. The molecule has 1 rings (SSSR count). The molecular weight excluding hydrogens is 417 g/mol. The van der Waals surface area contributed by atoms with Crippen molar-refractivity contribution in [3.05, 3.63) is 45.4 Å². The molecule has 0 N–H and O–H groups in total. The smallest absolute Gasteiger partial charge is 0.421 e. The van der Waals surface area contributed by atoms with Crippen LogP contribution in [0.15, 0.2) is 29.8 Å². The van der Waals surface area contributed by atoms with Crippen molar-refractivity contribution in [2.75, 3.05) is 17.7 Å². The molecule has 170 valence electrons. The minimum Gasteiger partial charge on any atom is -0.763 e. The zero-order valence-electron chi connectivity index (χ0n) is 19.3. The van der Waals surface area contributed by atoms with Crippen molar-refractivity contribution < 1.29 is 19.2 Å². The third-order valence-electron chi connectivity index (χ3n) is 5.68. The maximum atomic E-state index is 13.4. The molecule has 0 aliphatic rings. The summed E-state index contributed by atoms with van der Waals surface area (Å²) in [5.74, 6) is 1.29. The van der Waals surface area contributed by atoms with Crippen molar-refractivity contribution >= 4 is 36.5 Å². The van der Waals surface area contributed by atoms with Crippen LogP contribution in [0.4, 0.5) is 16.2 Å². The van der Waals surface area contributed by atoms with E-state index in [0.29, 0.717) is 23.1 Å². The van der Waals surface area contributed by atoms with Gasteiger partial charge in [-0.3, -0.25) is 20.8 Å². The Hall–Kier alpha value is -2.56. The zero-order chi connectivity index (χ0) is 23.9. The normalized spacial score (nSPS) is 11.4. The Morgan fingerprint density at radius 1 is 1.10 bits per heavy atom. The summed E-state index contributed by atoms with van der Waals surface area (Å²) in [6.45, 7) is 14.4. The van der Waals surface area contributed by atoms with Gasteiger partial charge in [0.1, 0.15) is 0 Å². The summed E-state index contributed by atoms with van der Waals surface area (Å²) in [5, 5.41) is 20.8. The molecule has 0 saturated carbocycles. The molecule has 0 aliphatic carbocycles. The zero-order valence-corrected chi connectivity index (χ0v) is 20.2. The first-order valence-electron chi connectivity index (χ1n) is 10.3. The molecule has 2 amide bonds. The van der Waals surface area contributed by atoms with E-state index < -0.39 is 24.2 Å². The van der Waals surface area contributed by atoms with E-state index in [9.17, 15) is 25.1 Å². The van der Waals surface area contributed by atoms with Crippen LogP contribution in [-0.2, 0) is 9.53 Å². The largest absolute Gasteiger partial charge is 0.763 e. The second kappa shape index (κ2) is 11.2. The van der Waals surface area contributed by atoms with Gasteiger partial charge in [0, 0.05) is 19.4 Å². The van der Waals surface area contributed by atoms with Crippen molar-refractivity contribution in [2.45, 2.75) is 65.4 Å². The topological polar surface area (TPSA) is 112 Å². The van der Waals surface area contributed by atoms with Crippen molar-refractivity contribution in [3.8, 4) is 0 Å². The van der Waals surface area contributed by atoms with Crippen LogP contribution >= 0.6 is 7.26 Å². The van der Waals surface area contributed by atoms with E-state index in [1.807, 2.05) is 5.87 Å². The first-order chi connectivity index (χ1) is 14.4. The van der Waals surface area contributed by atoms with Gasteiger partial charge >= 0.3 is 6.09 Å². The Kier molecular flexibility index (Phi) is 9.54. The quantitative estimate of drug-likeness (QED) is 0.163. The maximum Gasteiger partial charge on any atom is 0.421 e. The number of benzene rings is 1. The minimum atomic E-state index is -1.78. The van der Waals surface area contributed by atoms with Crippen LogP contribution in [0, 0.1) is 10.1 Å². The number of hydrogen-bond donors (Lipinski definition) is 0. The third-order valence-corrected chi connectivity index (χ3v) is 12.3. The van der Waals surface area contributed by atoms with Crippen LogP contribution in [0.25, 0.3) is 5.41 Å². The number of non-ortho nitro benzene ring substituents is 1. The van der Waals surface area contributed by atoms with E-state index in [4.69, 9.17) is 4.74 Å². The van der Waals surface area contributed by atoms with Crippen molar-refractivity contribution in [3.63, 3.8) is 0 Å². The van der Waals surface area contributed by atoms with Gasteiger partial charge in [0.15, 0.2) is 0 Å². The summed E-state index contributed by atoms with van der Waals surface area (Å²) >= 11 is 0. The summed E-state index contributed by atoms with van der Waals surface area (Å²) in [5.41, 5.74) is 0.811. The van der Waals surface area contributed by atoms with Crippen LogP contribution in [0.5, 0.6) is 0 Å². The highest BCUT2D eigenvalue weighted by Crippen LogP contribution is 2.70. The molecule has 9 heteroatoms. The summed E-state index contributed by atoms with van der Waals surface area (Å²) in [6.07, 6.45) is -0.602. The molecule has 0 spiro atoms. The molecule has 0 bridgehead atoms. The number of nitrogens with zero attached hydrogens (tertiary/aromatic N) is 3. The Bertz CT molecular complexity index is 837. The average molecular weight is 449 g/mol. The number of rotatable bonds is 9. The predicted molar refractivity (Wildman–Crippen MR) is 127 cm³/mol. The lowest BCUT2D eigenvalue weighted by Gasteiger charge is -2.39. The number of amides is 2. The van der Waals surface area contributed by atoms with E-state index in [2.05, 4.69) is 41.5 Å². The highest BCUT2D eigenvalue weighted by Gasteiger charge is 2.49. The molecule has 0 radical (unpaired) electrons. The van der Waals surface area contributed by atoms with Crippen LogP contribution in [-0.4, -0.2) is 52.5 Å². The maximum absolute atomic E-state index is 13.4. The molecule has 0 aromatic heterocycles. The summed E-state index contributed by atoms with van der Waals surface area (Å²) in [4.78, 5) is 37.2. The molecule has 31 heavy (non-hydrogen) atoms. The number of anilines is 1. The second-order valence-corrected chi connectivity index (χ2v) is 13.5. The van der Waals surface area contributed by atoms with Gasteiger partial charge in [0.2, 0.25) is 0 Å². The van der Waals surface area contributed by atoms with Crippen molar-refractivity contribution in [2.24, 2.45) is 0 Å². The van der Waals surface area contributed by atoms with Gasteiger partial charge in [-0.05, 0) is 60.6 Å². The molecular formula is C22H32N3O5P. The molecule has 0 aliphatic heterocycles. The molecule has 0 heterocycles. The van der Waals surface area contributed by atoms with Gasteiger partial charge in [-0.15, -0.1) is 0 Å². The first-order valence-corrected chi connectivity index (χ1v) is 12.5. The van der Waals surface area contributed by atoms with Crippen molar-refractivity contribution in [1.29, 1.82) is 0 Å². The van der Waals surface area contributed by atoms with Crippen LogP contribution in [0.2, 0.25) is 0 Å². The number of carbonyl (C=O) groups is 2. The van der Waals surface area contributed by atoms with E-state index in [0.717, 1.165) is 4.90 Å². The van der Waals surface area contributed by atoms with E-state index in [1.165, 1.54) is 24.3 Å². The lowest BCUT2D eigenvalue weighted by atomic mass is 10.2. The monoisotopic (exact) mass is 449 g/mol. The van der Waals surface area contributed by atoms with Gasteiger partial charge in [-0.25, -0.2) is 9.69 Å². The first kappa shape index (κ1) is 26.5. The van der Waals surface area contributed by atoms with Crippen molar-refractivity contribution in [1.82, 2.24) is 0 Å². The van der Waals surface area contributed by atoms with E-state index in [-0.39, 0.29) is 23.6 Å². The fraction of sp³-hybridized carbons (Fsp3) is 0.545. The molecule has 1 aromatic rings. The van der Waals surface area contributed by atoms with Gasteiger partial charge in [0.05, 0.1) is 45.9 Å². The molecule has 0 fully saturated rings. The van der Waals surface area contributed by atoms with Crippen LogP contribution in [0.1, 0.15) is 48.5 Å². The fourth-order valence-electron chi connectivity index (χ4n) is 4.11. The lowest BCUT2D eigenvalue weighted by molar-refractivity contribution is -0.384. The van der Waals surface area contributed by atoms with Crippen LogP contribution < -0.4 is 4.90 Å². The van der Waals surface area contributed by atoms with Gasteiger partial charge in [-0.1, -0.05) is 0 Å². The Morgan fingerprint density at radius 2 is 1.58 bits per heavy atom.